The summed E-state index contributed by atoms with van der Waals surface area (Å²) >= 11 is 0.935. The zero-order valence-electron chi connectivity index (χ0n) is 21.1. The summed E-state index contributed by atoms with van der Waals surface area (Å²) in [5.41, 5.74) is 1.48. The van der Waals surface area contributed by atoms with E-state index >= 15 is 0 Å². The monoisotopic (exact) mass is 568 g/mol. The standard InChI is InChI=1S/C26H27F3N2O5S2/c1-16(2)13-31(38(34,35)25-30-18(4)15-37-25)22-9-8-21(26(27,28)29)12-23(22)36-14-20-7-5-19(11-17(20)3)6-10-24(32)33/h5-12,15-16H,13-14H2,1-4H3,(H,32,33). The Bertz CT molecular complexity index is 1450. The predicted molar refractivity (Wildman–Crippen MR) is 140 cm³/mol. The minimum atomic E-state index is -4.67. The number of aromatic nitrogens is 1. The van der Waals surface area contributed by atoms with Crippen LogP contribution in [0, 0.1) is 19.8 Å². The molecule has 0 fully saturated rings. The molecule has 38 heavy (non-hydrogen) atoms. The Morgan fingerprint density at radius 2 is 1.89 bits per heavy atom. The Hall–Kier alpha value is -3.38. The van der Waals surface area contributed by atoms with Gasteiger partial charge in [-0.05, 0) is 60.7 Å². The Labute approximate surface area is 223 Å². The van der Waals surface area contributed by atoms with Gasteiger partial charge < -0.3 is 9.84 Å². The van der Waals surface area contributed by atoms with Gasteiger partial charge in [0.25, 0.3) is 10.0 Å². The van der Waals surface area contributed by atoms with Crippen LogP contribution in [0.25, 0.3) is 6.08 Å². The molecule has 0 atom stereocenters. The minimum Gasteiger partial charge on any atom is -0.487 e. The fourth-order valence-electron chi connectivity index (χ4n) is 3.52. The summed E-state index contributed by atoms with van der Waals surface area (Å²) in [5.74, 6) is -1.50. The number of sulfonamides is 1. The van der Waals surface area contributed by atoms with E-state index < -0.39 is 27.7 Å². The minimum absolute atomic E-state index is 0.00762. The maximum absolute atomic E-state index is 13.6. The molecule has 204 valence electrons. The van der Waals surface area contributed by atoms with Gasteiger partial charge in [-0.15, -0.1) is 11.3 Å². The molecule has 12 heteroatoms. The summed E-state index contributed by atoms with van der Waals surface area (Å²) in [6.07, 6.45) is -2.26. The van der Waals surface area contributed by atoms with Crippen molar-refractivity contribution in [3.05, 3.63) is 75.8 Å². The summed E-state index contributed by atoms with van der Waals surface area (Å²) < 4.78 is 74.5. The van der Waals surface area contributed by atoms with Crippen LogP contribution >= 0.6 is 11.3 Å². The normalized spacial score (nSPS) is 12.3. The van der Waals surface area contributed by atoms with Crippen molar-refractivity contribution in [2.75, 3.05) is 10.8 Å². The Morgan fingerprint density at radius 1 is 1.18 bits per heavy atom. The third-order valence-electron chi connectivity index (χ3n) is 5.36. The second-order valence-electron chi connectivity index (χ2n) is 9.01. The third-order valence-corrected chi connectivity index (χ3v) is 8.49. The maximum Gasteiger partial charge on any atom is 0.416 e. The molecule has 1 heterocycles. The topological polar surface area (TPSA) is 96.8 Å². The fraction of sp³-hybridized carbons (Fsp3) is 0.308. The number of rotatable bonds is 10. The van der Waals surface area contributed by atoms with Gasteiger partial charge in [0.1, 0.15) is 12.4 Å². The van der Waals surface area contributed by atoms with Gasteiger partial charge in [-0.3, -0.25) is 4.31 Å². The van der Waals surface area contributed by atoms with Gasteiger partial charge in [-0.1, -0.05) is 32.0 Å². The molecule has 2 aromatic carbocycles. The van der Waals surface area contributed by atoms with Crippen molar-refractivity contribution < 1.29 is 36.2 Å². The van der Waals surface area contributed by atoms with Gasteiger partial charge in [0.2, 0.25) is 4.34 Å². The quantitative estimate of drug-likeness (QED) is 0.288. The SMILES string of the molecule is Cc1csc(S(=O)(=O)N(CC(C)C)c2ccc(C(F)(F)F)cc2OCc2ccc(C=CC(=O)O)cc2C)n1. The largest absolute Gasteiger partial charge is 0.487 e. The number of hydrogen-bond donors (Lipinski definition) is 1. The maximum atomic E-state index is 13.6. The lowest BCUT2D eigenvalue weighted by Gasteiger charge is -2.27. The summed E-state index contributed by atoms with van der Waals surface area (Å²) in [7, 11) is -4.19. The Kier molecular flexibility index (Phi) is 8.88. The van der Waals surface area contributed by atoms with Crippen LogP contribution in [0.3, 0.4) is 0 Å². The molecule has 0 aliphatic heterocycles. The van der Waals surface area contributed by atoms with Crippen molar-refractivity contribution in [3.63, 3.8) is 0 Å². The first kappa shape index (κ1) is 29.2. The van der Waals surface area contributed by atoms with E-state index in [1.165, 1.54) is 6.08 Å². The highest BCUT2D eigenvalue weighted by molar-refractivity contribution is 7.94. The zero-order valence-corrected chi connectivity index (χ0v) is 22.7. The molecule has 1 N–H and O–H groups in total. The number of alkyl halides is 3. The van der Waals surface area contributed by atoms with Crippen molar-refractivity contribution in [3.8, 4) is 5.75 Å². The molecule has 0 aliphatic rings. The van der Waals surface area contributed by atoms with E-state index in [9.17, 15) is 26.4 Å². The highest BCUT2D eigenvalue weighted by Gasteiger charge is 2.35. The number of anilines is 1. The first-order chi connectivity index (χ1) is 17.7. The summed E-state index contributed by atoms with van der Waals surface area (Å²) in [6, 6.07) is 7.76. The van der Waals surface area contributed by atoms with Crippen molar-refractivity contribution in [2.24, 2.45) is 5.92 Å². The Balaban J connectivity index is 2.04. The number of aliphatic carboxylic acids is 1. The first-order valence-corrected chi connectivity index (χ1v) is 13.8. The van der Waals surface area contributed by atoms with Crippen molar-refractivity contribution in [1.82, 2.24) is 4.98 Å². The van der Waals surface area contributed by atoms with Gasteiger partial charge in [-0.2, -0.15) is 21.6 Å². The number of thiazole rings is 1. The fourth-order valence-corrected chi connectivity index (χ4v) is 6.30. The number of aryl methyl sites for hydroxylation is 2. The number of carbonyl (C=O) groups is 1. The van der Waals surface area contributed by atoms with E-state index in [1.807, 2.05) is 0 Å². The molecule has 0 saturated heterocycles. The van der Waals surface area contributed by atoms with Gasteiger partial charge in [0, 0.05) is 23.7 Å². The van der Waals surface area contributed by atoms with E-state index in [0.29, 0.717) is 16.8 Å². The average molecular weight is 569 g/mol. The van der Waals surface area contributed by atoms with Crippen LogP contribution < -0.4 is 9.04 Å². The van der Waals surface area contributed by atoms with E-state index in [-0.39, 0.29) is 34.8 Å². The van der Waals surface area contributed by atoms with Gasteiger partial charge >= 0.3 is 12.1 Å². The number of hydrogen-bond acceptors (Lipinski definition) is 6. The van der Waals surface area contributed by atoms with Crippen molar-refractivity contribution >= 4 is 39.1 Å². The molecule has 7 nitrogen and oxygen atoms in total. The Morgan fingerprint density at radius 3 is 2.45 bits per heavy atom. The smallest absolute Gasteiger partial charge is 0.416 e. The molecular formula is C26H27F3N2O5S2. The lowest BCUT2D eigenvalue weighted by molar-refractivity contribution is -0.137. The van der Waals surface area contributed by atoms with Crippen LogP contribution in [-0.2, 0) is 27.6 Å². The van der Waals surface area contributed by atoms with Crippen LogP contribution in [0.5, 0.6) is 5.75 Å². The lowest BCUT2D eigenvalue weighted by Crippen LogP contribution is -2.34. The molecule has 0 spiro atoms. The number of halogens is 3. The van der Waals surface area contributed by atoms with E-state index in [1.54, 1.807) is 51.3 Å². The molecule has 3 aromatic rings. The molecule has 1 aromatic heterocycles. The van der Waals surface area contributed by atoms with E-state index in [2.05, 4.69) is 4.98 Å². The van der Waals surface area contributed by atoms with Gasteiger partial charge in [0.15, 0.2) is 0 Å². The highest BCUT2D eigenvalue weighted by atomic mass is 32.2. The number of benzene rings is 2. The van der Waals surface area contributed by atoms with Gasteiger partial charge in [0.05, 0.1) is 11.3 Å². The number of nitrogens with zero attached hydrogens (tertiary/aromatic N) is 2. The average Bonchev–Trinajstić information content (AvgIpc) is 3.27. The second-order valence-corrected chi connectivity index (χ2v) is 11.9. The molecule has 0 bridgehead atoms. The highest BCUT2D eigenvalue weighted by Crippen LogP contribution is 2.39. The first-order valence-electron chi connectivity index (χ1n) is 11.5. The second kappa shape index (κ2) is 11.6. The summed E-state index contributed by atoms with van der Waals surface area (Å²) in [5, 5.41) is 10.4. The van der Waals surface area contributed by atoms with Crippen LogP contribution in [-0.4, -0.2) is 31.0 Å². The van der Waals surface area contributed by atoms with Crippen molar-refractivity contribution in [1.29, 1.82) is 0 Å². The third kappa shape index (κ3) is 7.13. The lowest BCUT2D eigenvalue weighted by atomic mass is 10.1. The van der Waals surface area contributed by atoms with Crippen LogP contribution in [0.4, 0.5) is 18.9 Å². The summed E-state index contributed by atoms with van der Waals surface area (Å²) in [6.45, 7) is 6.85. The van der Waals surface area contributed by atoms with Gasteiger partial charge in [-0.25, -0.2) is 9.78 Å². The predicted octanol–water partition coefficient (Wildman–Crippen LogP) is 6.31. The summed E-state index contributed by atoms with van der Waals surface area (Å²) in [4.78, 5) is 14.8. The molecular weight excluding hydrogens is 541 g/mol. The number of ether oxygens (including phenoxy) is 1. The van der Waals surface area contributed by atoms with Crippen LogP contribution in [0.2, 0.25) is 0 Å². The van der Waals surface area contributed by atoms with Crippen LogP contribution in [0.15, 0.2) is 52.2 Å². The molecule has 0 amide bonds. The number of carboxylic acid groups (broad SMARTS) is 1. The molecule has 0 unspecified atom stereocenters. The zero-order chi connectivity index (χ0) is 28.3. The van der Waals surface area contributed by atoms with E-state index in [4.69, 9.17) is 9.84 Å². The van der Waals surface area contributed by atoms with Crippen LogP contribution in [0.1, 0.15) is 41.8 Å². The molecule has 3 rings (SSSR count). The number of carboxylic acids is 1. The van der Waals surface area contributed by atoms with Crippen molar-refractivity contribution in [2.45, 2.75) is 44.8 Å². The van der Waals surface area contributed by atoms with E-state index in [0.717, 1.165) is 45.5 Å². The molecule has 0 saturated carbocycles. The molecule has 0 aliphatic carbocycles. The molecule has 0 radical (unpaired) electrons.